The molecule has 1 fully saturated rings. The molecule has 1 unspecified atom stereocenters. The van der Waals surface area contributed by atoms with Crippen molar-refractivity contribution in [1.82, 2.24) is 15.5 Å². The zero-order valence-corrected chi connectivity index (χ0v) is 12.7. The average Bonchev–Trinajstić information content (AvgIpc) is 2.64. The molecule has 2 N–H and O–H groups in total. The fourth-order valence-electron chi connectivity index (χ4n) is 2.09. The van der Waals surface area contributed by atoms with Crippen molar-refractivity contribution in [2.45, 2.75) is 47.1 Å². The van der Waals surface area contributed by atoms with E-state index in [2.05, 4.69) is 31.4 Å². The van der Waals surface area contributed by atoms with Crippen molar-refractivity contribution >= 4 is 11.9 Å². The summed E-state index contributed by atoms with van der Waals surface area (Å²) < 4.78 is 0. The second-order valence-corrected chi connectivity index (χ2v) is 6.83. The third-order valence-electron chi connectivity index (χ3n) is 3.19. The number of rotatable bonds is 4. The molecule has 1 heterocycles. The Labute approximate surface area is 116 Å². The molecule has 0 aromatic heterocycles. The molecule has 5 heteroatoms. The van der Waals surface area contributed by atoms with Crippen LogP contribution < -0.4 is 10.6 Å². The van der Waals surface area contributed by atoms with Crippen LogP contribution in [0.3, 0.4) is 0 Å². The molecule has 19 heavy (non-hydrogen) atoms. The molecule has 5 nitrogen and oxygen atoms in total. The van der Waals surface area contributed by atoms with Crippen LogP contribution in [0.15, 0.2) is 0 Å². The fraction of sp³-hybridized carbons (Fsp3) is 0.857. The summed E-state index contributed by atoms with van der Waals surface area (Å²) in [5, 5.41) is 5.69. The van der Waals surface area contributed by atoms with Crippen LogP contribution in [-0.2, 0) is 4.79 Å². The highest BCUT2D eigenvalue weighted by molar-refractivity contribution is 5.79. The molecular formula is C14H27N3O2. The Morgan fingerprint density at radius 3 is 2.47 bits per heavy atom. The Hall–Kier alpha value is -1.26. The Balaban J connectivity index is 2.27. The molecule has 0 spiro atoms. The van der Waals surface area contributed by atoms with Gasteiger partial charge in [-0.25, -0.2) is 4.79 Å². The van der Waals surface area contributed by atoms with Gasteiger partial charge in [-0.1, -0.05) is 20.8 Å². The van der Waals surface area contributed by atoms with E-state index in [9.17, 15) is 9.59 Å². The minimum absolute atomic E-state index is 0.0785. The van der Waals surface area contributed by atoms with Gasteiger partial charge in [0.1, 0.15) is 0 Å². The van der Waals surface area contributed by atoms with Gasteiger partial charge in [0.15, 0.2) is 0 Å². The van der Waals surface area contributed by atoms with Gasteiger partial charge < -0.3 is 15.5 Å². The van der Waals surface area contributed by atoms with Crippen molar-refractivity contribution in [2.75, 3.05) is 19.6 Å². The fourth-order valence-corrected chi connectivity index (χ4v) is 2.09. The lowest BCUT2D eigenvalue weighted by molar-refractivity contribution is -0.129. The third kappa shape index (κ3) is 5.49. The first-order valence-electron chi connectivity index (χ1n) is 7.00. The van der Waals surface area contributed by atoms with Gasteiger partial charge in [-0.2, -0.15) is 0 Å². The van der Waals surface area contributed by atoms with Gasteiger partial charge in [-0.05, 0) is 19.3 Å². The second-order valence-electron chi connectivity index (χ2n) is 6.83. The molecule has 0 radical (unpaired) electrons. The summed E-state index contributed by atoms with van der Waals surface area (Å²) in [6, 6.07) is 0.0950. The Morgan fingerprint density at radius 2 is 2.00 bits per heavy atom. The van der Waals surface area contributed by atoms with E-state index >= 15 is 0 Å². The molecule has 1 aliphatic heterocycles. The molecule has 0 aromatic rings. The van der Waals surface area contributed by atoms with Crippen LogP contribution in [0.25, 0.3) is 0 Å². The van der Waals surface area contributed by atoms with Gasteiger partial charge in [0.2, 0.25) is 5.91 Å². The molecular weight excluding hydrogens is 242 g/mol. The number of carbonyl (C=O) groups is 2. The lowest BCUT2D eigenvalue weighted by Gasteiger charge is -2.21. The summed E-state index contributed by atoms with van der Waals surface area (Å²) in [5.74, 6) is 0.423. The largest absolute Gasteiger partial charge is 0.340 e. The zero-order valence-electron chi connectivity index (χ0n) is 12.7. The number of hydrogen-bond acceptors (Lipinski definition) is 2. The molecule has 3 amide bonds. The van der Waals surface area contributed by atoms with E-state index in [1.54, 1.807) is 0 Å². The van der Waals surface area contributed by atoms with Gasteiger partial charge in [0, 0.05) is 38.0 Å². The van der Waals surface area contributed by atoms with Crippen molar-refractivity contribution in [2.24, 2.45) is 11.3 Å². The van der Waals surface area contributed by atoms with Crippen molar-refractivity contribution in [1.29, 1.82) is 0 Å². The molecule has 1 saturated heterocycles. The van der Waals surface area contributed by atoms with E-state index < -0.39 is 0 Å². The second kappa shape index (κ2) is 6.26. The number of likely N-dealkylation sites (tertiary alicyclic amines) is 1. The first-order chi connectivity index (χ1) is 8.69. The van der Waals surface area contributed by atoms with Crippen LogP contribution in [-0.4, -0.2) is 42.5 Å². The van der Waals surface area contributed by atoms with E-state index in [4.69, 9.17) is 0 Å². The molecule has 110 valence electrons. The Kier molecular flexibility index (Phi) is 5.20. The van der Waals surface area contributed by atoms with Gasteiger partial charge in [-0.3, -0.25) is 4.79 Å². The highest BCUT2D eigenvalue weighted by Crippen LogP contribution is 2.19. The predicted molar refractivity (Wildman–Crippen MR) is 75.8 cm³/mol. The predicted octanol–water partition coefficient (Wildman–Crippen LogP) is 1.59. The third-order valence-corrected chi connectivity index (χ3v) is 3.19. The van der Waals surface area contributed by atoms with E-state index in [1.807, 2.05) is 18.7 Å². The van der Waals surface area contributed by atoms with Gasteiger partial charge in [0.05, 0.1) is 0 Å². The number of nitrogens with one attached hydrogen (secondary N) is 2. The van der Waals surface area contributed by atoms with Crippen LogP contribution in [0.4, 0.5) is 4.79 Å². The van der Waals surface area contributed by atoms with Crippen LogP contribution in [0.1, 0.15) is 41.0 Å². The first-order valence-corrected chi connectivity index (χ1v) is 7.00. The highest BCUT2D eigenvalue weighted by Gasteiger charge is 2.31. The standard InChI is InChI=1S/C14H27N3O2/c1-10(2)17-8-11(6-12(17)18)7-15-13(19)16-9-14(3,4)5/h10-11H,6-9H2,1-5H3,(H2,15,16,19). The number of nitrogens with zero attached hydrogens (tertiary/aromatic N) is 1. The van der Waals surface area contributed by atoms with Crippen molar-refractivity contribution in [3.05, 3.63) is 0 Å². The SMILES string of the molecule is CC(C)N1CC(CNC(=O)NCC(C)(C)C)CC1=O. The maximum absolute atomic E-state index is 11.7. The lowest BCUT2D eigenvalue weighted by Crippen LogP contribution is -2.42. The average molecular weight is 269 g/mol. The highest BCUT2D eigenvalue weighted by atomic mass is 16.2. The monoisotopic (exact) mass is 269 g/mol. The summed E-state index contributed by atoms with van der Waals surface area (Å²) in [6.07, 6.45) is 0.539. The van der Waals surface area contributed by atoms with Gasteiger partial charge >= 0.3 is 6.03 Å². The van der Waals surface area contributed by atoms with Crippen molar-refractivity contribution < 1.29 is 9.59 Å². The van der Waals surface area contributed by atoms with Crippen LogP contribution >= 0.6 is 0 Å². The number of carbonyl (C=O) groups excluding carboxylic acids is 2. The van der Waals surface area contributed by atoms with E-state index in [0.717, 1.165) is 6.54 Å². The van der Waals surface area contributed by atoms with Crippen LogP contribution in [0.5, 0.6) is 0 Å². The van der Waals surface area contributed by atoms with Crippen LogP contribution in [0.2, 0.25) is 0 Å². The lowest BCUT2D eigenvalue weighted by atomic mass is 9.97. The molecule has 0 aliphatic carbocycles. The van der Waals surface area contributed by atoms with E-state index in [0.29, 0.717) is 19.5 Å². The molecule has 1 rings (SSSR count). The normalized spacial score (nSPS) is 20.0. The molecule has 1 aliphatic rings. The van der Waals surface area contributed by atoms with E-state index in [1.165, 1.54) is 0 Å². The maximum Gasteiger partial charge on any atom is 0.314 e. The summed E-state index contributed by atoms with van der Waals surface area (Å²) >= 11 is 0. The molecule has 0 bridgehead atoms. The van der Waals surface area contributed by atoms with E-state index in [-0.39, 0.29) is 29.3 Å². The van der Waals surface area contributed by atoms with Crippen LogP contribution in [0, 0.1) is 11.3 Å². The number of hydrogen-bond donors (Lipinski definition) is 2. The quantitative estimate of drug-likeness (QED) is 0.814. The summed E-state index contributed by atoms with van der Waals surface area (Å²) in [6.45, 7) is 12.2. The Bertz CT molecular complexity index is 334. The minimum Gasteiger partial charge on any atom is -0.340 e. The molecule has 1 atom stereocenters. The topological polar surface area (TPSA) is 61.4 Å². The van der Waals surface area contributed by atoms with Gasteiger partial charge in [0.25, 0.3) is 0 Å². The maximum atomic E-state index is 11.7. The van der Waals surface area contributed by atoms with Crippen molar-refractivity contribution in [3.63, 3.8) is 0 Å². The van der Waals surface area contributed by atoms with Gasteiger partial charge in [-0.15, -0.1) is 0 Å². The number of urea groups is 1. The smallest absolute Gasteiger partial charge is 0.314 e. The number of amides is 3. The zero-order chi connectivity index (χ0) is 14.6. The molecule has 0 aromatic carbocycles. The Morgan fingerprint density at radius 1 is 1.37 bits per heavy atom. The first kappa shape index (κ1) is 15.8. The summed E-state index contributed by atoms with van der Waals surface area (Å²) in [4.78, 5) is 25.2. The summed E-state index contributed by atoms with van der Waals surface area (Å²) in [5.41, 5.74) is 0.0785. The molecule has 0 saturated carbocycles. The summed E-state index contributed by atoms with van der Waals surface area (Å²) in [7, 11) is 0. The van der Waals surface area contributed by atoms with Crippen molar-refractivity contribution in [3.8, 4) is 0 Å². The minimum atomic E-state index is -0.148.